The highest BCUT2D eigenvalue weighted by Gasteiger charge is 2.35. The number of piperidine rings is 1. The monoisotopic (exact) mass is 224 g/mol. The molecule has 0 bridgehead atoms. The second-order valence-corrected chi connectivity index (χ2v) is 6.03. The molecule has 1 aliphatic heterocycles. The van der Waals surface area contributed by atoms with Gasteiger partial charge in [0.2, 0.25) is 0 Å². The molecule has 16 heavy (non-hydrogen) atoms. The predicted molar refractivity (Wildman–Crippen MR) is 69.6 cm³/mol. The minimum atomic E-state index is 0.666. The van der Waals surface area contributed by atoms with Crippen LogP contribution in [0.5, 0.6) is 0 Å². The Kier molecular flexibility index (Phi) is 4.26. The summed E-state index contributed by atoms with van der Waals surface area (Å²) in [6.07, 6.45) is 7.34. The van der Waals surface area contributed by atoms with E-state index in [9.17, 15) is 0 Å². The van der Waals surface area contributed by atoms with Crippen molar-refractivity contribution >= 4 is 0 Å². The molecule has 1 aliphatic carbocycles. The lowest BCUT2D eigenvalue weighted by Crippen LogP contribution is -2.50. The van der Waals surface area contributed by atoms with Crippen molar-refractivity contribution in [3.8, 4) is 0 Å². The smallest absolute Gasteiger partial charge is 0.0215 e. The van der Waals surface area contributed by atoms with Gasteiger partial charge in [0, 0.05) is 18.6 Å². The van der Waals surface area contributed by atoms with E-state index in [1.54, 1.807) is 0 Å². The summed E-state index contributed by atoms with van der Waals surface area (Å²) in [5.41, 5.74) is 0. The maximum Gasteiger partial charge on any atom is 0.0215 e. The molecular weight excluding hydrogens is 196 g/mol. The van der Waals surface area contributed by atoms with Crippen LogP contribution in [0.15, 0.2) is 0 Å². The van der Waals surface area contributed by atoms with Gasteiger partial charge in [0.1, 0.15) is 0 Å². The van der Waals surface area contributed by atoms with E-state index in [4.69, 9.17) is 0 Å². The van der Waals surface area contributed by atoms with Crippen molar-refractivity contribution in [2.24, 2.45) is 11.8 Å². The topological polar surface area (TPSA) is 15.3 Å². The molecule has 2 heteroatoms. The van der Waals surface area contributed by atoms with Crippen molar-refractivity contribution in [2.45, 2.75) is 58.0 Å². The number of nitrogens with zero attached hydrogens (tertiary/aromatic N) is 1. The van der Waals surface area contributed by atoms with E-state index < -0.39 is 0 Å². The van der Waals surface area contributed by atoms with Crippen molar-refractivity contribution in [3.05, 3.63) is 0 Å². The maximum absolute atomic E-state index is 3.49. The third-order valence-electron chi connectivity index (χ3n) is 4.71. The normalized spacial score (nSPS) is 33.0. The van der Waals surface area contributed by atoms with Gasteiger partial charge in [0.05, 0.1) is 0 Å². The van der Waals surface area contributed by atoms with E-state index >= 15 is 0 Å². The highest BCUT2D eigenvalue weighted by Crippen LogP contribution is 2.36. The summed E-state index contributed by atoms with van der Waals surface area (Å²) in [5, 5.41) is 3.49. The van der Waals surface area contributed by atoms with Gasteiger partial charge in [-0.2, -0.15) is 0 Å². The van der Waals surface area contributed by atoms with E-state index in [-0.39, 0.29) is 0 Å². The fourth-order valence-corrected chi connectivity index (χ4v) is 3.67. The molecular formula is C14H28N2. The van der Waals surface area contributed by atoms with E-state index in [0.29, 0.717) is 6.04 Å². The first-order valence-electron chi connectivity index (χ1n) is 7.13. The third kappa shape index (κ3) is 2.60. The van der Waals surface area contributed by atoms with Crippen molar-refractivity contribution in [2.75, 3.05) is 20.1 Å². The van der Waals surface area contributed by atoms with E-state index in [2.05, 4.69) is 31.1 Å². The summed E-state index contributed by atoms with van der Waals surface area (Å²) < 4.78 is 0. The fraction of sp³-hybridized carbons (Fsp3) is 1.00. The molecule has 1 saturated heterocycles. The maximum atomic E-state index is 3.49. The summed E-state index contributed by atoms with van der Waals surface area (Å²) in [5.74, 6) is 1.77. The van der Waals surface area contributed by atoms with E-state index in [0.717, 1.165) is 17.9 Å². The zero-order valence-corrected chi connectivity index (χ0v) is 11.2. The molecule has 3 atom stereocenters. The first kappa shape index (κ1) is 12.4. The highest BCUT2D eigenvalue weighted by molar-refractivity contribution is 4.90. The van der Waals surface area contributed by atoms with Crippen LogP contribution in [-0.4, -0.2) is 37.1 Å². The molecule has 3 unspecified atom stereocenters. The average molecular weight is 224 g/mol. The number of likely N-dealkylation sites (tertiary alicyclic amines) is 1. The first-order chi connectivity index (χ1) is 7.72. The van der Waals surface area contributed by atoms with E-state index in [1.165, 1.54) is 45.2 Å². The SMILES string of the molecule is CNC(CN1CCCC2CCCC21)C(C)C. The van der Waals surface area contributed by atoms with Gasteiger partial charge in [0.15, 0.2) is 0 Å². The molecule has 1 heterocycles. The molecule has 0 amide bonds. The van der Waals surface area contributed by atoms with Crippen molar-refractivity contribution in [1.29, 1.82) is 0 Å². The Bertz CT molecular complexity index is 215. The summed E-state index contributed by atoms with van der Waals surface area (Å²) in [6.45, 7) is 7.26. The average Bonchev–Trinajstić information content (AvgIpc) is 2.73. The van der Waals surface area contributed by atoms with Crippen LogP contribution >= 0.6 is 0 Å². The molecule has 2 rings (SSSR count). The summed E-state index contributed by atoms with van der Waals surface area (Å²) in [4.78, 5) is 2.78. The minimum Gasteiger partial charge on any atom is -0.315 e. The third-order valence-corrected chi connectivity index (χ3v) is 4.71. The summed E-state index contributed by atoms with van der Waals surface area (Å²) >= 11 is 0. The lowest BCUT2D eigenvalue weighted by molar-refractivity contribution is 0.0951. The van der Waals surface area contributed by atoms with Crippen LogP contribution in [-0.2, 0) is 0 Å². The van der Waals surface area contributed by atoms with Crippen LogP contribution in [0, 0.1) is 11.8 Å². The number of fused-ring (bicyclic) bond motifs is 1. The molecule has 0 aromatic carbocycles. The second-order valence-electron chi connectivity index (χ2n) is 6.03. The number of likely N-dealkylation sites (N-methyl/N-ethyl adjacent to an activating group) is 1. The quantitative estimate of drug-likeness (QED) is 0.789. The predicted octanol–water partition coefficient (Wildman–Crippen LogP) is 2.49. The standard InChI is InChI=1S/C14H28N2/c1-11(2)13(15-3)10-16-9-5-7-12-6-4-8-14(12)16/h11-15H,4-10H2,1-3H3. The largest absolute Gasteiger partial charge is 0.315 e. The van der Waals surface area contributed by atoms with Gasteiger partial charge in [-0.1, -0.05) is 20.3 Å². The number of rotatable bonds is 4. The van der Waals surface area contributed by atoms with Crippen LogP contribution in [0.25, 0.3) is 0 Å². The van der Waals surface area contributed by atoms with Crippen molar-refractivity contribution in [1.82, 2.24) is 10.2 Å². The Morgan fingerprint density at radius 1 is 1.19 bits per heavy atom. The van der Waals surface area contributed by atoms with Gasteiger partial charge in [0.25, 0.3) is 0 Å². The van der Waals surface area contributed by atoms with Gasteiger partial charge in [-0.15, -0.1) is 0 Å². The Morgan fingerprint density at radius 2 is 1.94 bits per heavy atom. The molecule has 2 aliphatic rings. The number of hydrogen-bond donors (Lipinski definition) is 1. The zero-order chi connectivity index (χ0) is 11.5. The molecule has 94 valence electrons. The molecule has 2 fully saturated rings. The highest BCUT2D eigenvalue weighted by atomic mass is 15.2. The van der Waals surface area contributed by atoms with Crippen LogP contribution in [0.1, 0.15) is 46.0 Å². The number of hydrogen-bond acceptors (Lipinski definition) is 2. The Morgan fingerprint density at radius 3 is 2.62 bits per heavy atom. The number of nitrogens with one attached hydrogen (secondary N) is 1. The Hall–Kier alpha value is -0.0800. The fourth-order valence-electron chi connectivity index (χ4n) is 3.67. The lowest BCUT2D eigenvalue weighted by atomic mass is 9.91. The summed E-state index contributed by atoms with van der Waals surface area (Å²) in [6, 6.07) is 1.59. The molecule has 0 aromatic rings. The Labute approximate surface area is 101 Å². The molecule has 0 aromatic heterocycles. The first-order valence-corrected chi connectivity index (χ1v) is 7.13. The zero-order valence-electron chi connectivity index (χ0n) is 11.2. The van der Waals surface area contributed by atoms with Gasteiger partial charge >= 0.3 is 0 Å². The lowest BCUT2D eigenvalue weighted by Gasteiger charge is -2.40. The molecule has 1 saturated carbocycles. The minimum absolute atomic E-state index is 0.666. The van der Waals surface area contributed by atoms with Crippen molar-refractivity contribution < 1.29 is 0 Å². The van der Waals surface area contributed by atoms with Gasteiger partial charge in [-0.3, -0.25) is 4.90 Å². The van der Waals surface area contributed by atoms with Crippen LogP contribution in [0.4, 0.5) is 0 Å². The van der Waals surface area contributed by atoms with Crippen LogP contribution < -0.4 is 5.32 Å². The molecule has 2 nitrogen and oxygen atoms in total. The van der Waals surface area contributed by atoms with Crippen molar-refractivity contribution in [3.63, 3.8) is 0 Å². The van der Waals surface area contributed by atoms with Crippen LogP contribution in [0.3, 0.4) is 0 Å². The van der Waals surface area contributed by atoms with Gasteiger partial charge in [-0.05, 0) is 51.1 Å². The molecule has 1 N–H and O–H groups in total. The molecule has 0 radical (unpaired) electrons. The van der Waals surface area contributed by atoms with E-state index in [1.807, 2.05) is 0 Å². The second kappa shape index (κ2) is 5.50. The van der Waals surface area contributed by atoms with Crippen LogP contribution in [0.2, 0.25) is 0 Å². The van der Waals surface area contributed by atoms with Gasteiger partial charge in [-0.25, -0.2) is 0 Å². The molecule has 0 spiro atoms. The van der Waals surface area contributed by atoms with Gasteiger partial charge < -0.3 is 5.32 Å². The Balaban J connectivity index is 1.92. The summed E-state index contributed by atoms with van der Waals surface area (Å²) in [7, 11) is 2.11.